The zero-order valence-electron chi connectivity index (χ0n) is 6.83. The lowest BCUT2D eigenvalue weighted by molar-refractivity contribution is 0.560. The van der Waals surface area contributed by atoms with Crippen molar-refractivity contribution in [1.29, 1.82) is 0 Å². The maximum Gasteiger partial charge on any atom is 0.0475 e. The third-order valence-corrected chi connectivity index (χ3v) is 2.37. The standard InChI is InChI=1S/C10H13N/c1-8-6-7-9-4-2-3-5-10(9)11-8/h2-5,8-9H,6-7H2,1H3/t8-,9?/m1/s1. The molecule has 0 N–H and O–H groups in total. The fourth-order valence-electron chi connectivity index (χ4n) is 1.70. The SMILES string of the molecule is C[C@@H]1CCC2C=CC=CC2=N1. The van der Waals surface area contributed by atoms with Crippen molar-refractivity contribution in [2.45, 2.75) is 25.8 Å². The monoisotopic (exact) mass is 147 g/mol. The quantitative estimate of drug-likeness (QED) is 0.498. The Bertz CT molecular complexity index is 235. The molecule has 0 aromatic carbocycles. The van der Waals surface area contributed by atoms with E-state index in [4.69, 9.17) is 0 Å². The zero-order chi connectivity index (χ0) is 7.68. The molecule has 2 aliphatic rings. The van der Waals surface area contributed by atoms with E-state index in [1.54, 1.807) is 0 Å². The maximum absolute atomic E-state index is 4.58. The maximum atomic E-state index is 4.58. The Morgan fingerprint density at radius 2 is 2.27 bits per heavy atom. The second-order valence-electron chi connectivity index (χ2n) is 3.33. The molecule has 0 spiro atoms. The average Bonchev–Trinajstić information content (AvgIpc) is 2.04. The molecule has 0 radical (unpaired) electrons. The Kier molecular flexibility index (Phi) is 1.65. The summed E-state index contributed by atoms with van der Waals surface area (Å²) in [6.07, 6.45) is 11.1. The van der Waals surface area contributed by atoms with Gasteiger partial charge >= 0.3 is 0 Å². The van der Waals surface area contributed by atoms with Gasteiger partial charge in [0.2, 0.25) is 0 Å². The molecule has 0 aromatic heterocycles. The summed E-state index contributed by atoms with van der Waals surface area (Å²) in [5, 5.41) is 0. The van der Waals surface area contributed by atoms with Crippen molar-refractivity contribution in [1.82, 2.24) is 0 Å². The number of fused-ring (bicyclic) bond motifs is 1. The molecule has 58 valence electrons. The molecule has 1 aliphatic carbocycles. The van der Waals surface area contributed by atoms with Gasteiger partial charge in [0.1, 0.15) is 0 Å². The second kappa shape index (κ2) is 2.65. The molecular formula is C10H13N. The molecule has 0 saturated heterocycles. The Morgan fingerprint density at radius 3 is 3.18 bits per heavy atom. The Morgan fingerprint density at radius 1 is 1.36 bits per heavy atom. The number of hydrogen-bond acceptors (Lipinski definition) is 1. The lowest BCUT2D eigenvalue weighted by Gasteiger charge is -2.23. The molecule has 11 heavy (non-hydrogen) atoms. The summed E-state index contributed by atoms with van der Waals surface area (Å²) in [4.78, 5) is 4.58. The van der Waals surface area contributed by atoms with Crippen molar-refractivity contribution in [3.8, 4) is 0 Å². The summed E-state index contributed by atoms with van der Waals surface area (Å²) in [6.45, 7) is 2.19. The molecule has 0 saturated carbocycles. The number of rotatable bonds is 0. The topological polar surface area (TPSA) is 12.4 Å². The smallest absolute Gasteiger partial charge is 0.0475 e. The summed E-state index contributed by atoms with van der Waals surface area (Å²) in [6, 6.07) is 0.539. The first-order valence-electron chi connectivity index (χ1n) is 4.29. The van der Waals surface area contributed by atoms with Crippen LogP contribution in [-0.4, -0.2) is 11.8 Å². The van der Waals surface area contributed by atoms with E-state index in [0.717, 1.165) is 0 Å². The van der Waals surface area contributed by atoms with Crippen LogP contribution in [0.3, 0.4) is 0 Å². The molecule has 0 aromatic rings. The van der Waals surface area contributed by atoms with Gasteiger partial charge in [0, 0.05) is 17.7 Å². The number of aliphatic imine (C=N–C) groups is 1. The highest BCUT2D eigenvalue weighted by molar-refractivity contribution is 5.99. The minimum absolute atomic E-state index is 0.539. The zero-order valence-corrected chi connectivity index (χ0v) is 6.83. The Hall–Kier alpha value is -0.850. The van der Waals surface area contributed by atoms with Crippen LogP contribution in [-0.2, 0) is 0 Å². The van der Waals surface area contributed by atoms with E-state index in [1.807, 2.05) is 0 Å². The Balaban J connectivity index is 2.26. The fourth-order valence-corrected chi connectivity index (χ4v) is 1.70. The molecule has 1 nitrogen and oxygen atoms in total. The predicted molar refractivity (Wildman–Crippen MR) is 47.9 cm³/mol. The van der Waals surface area contributed by atoms with E-state index >= 15 is 0 Å². The first-order valence-corrected chi connectivity index (χ1v) is 4.29. The lowest BCUT2D eigenvalue weighted by atomic mass is 9.89. The second-order valence-corrected chi connectivity index (χ2v) is 3.33. The normalized spacial score (nSPS) is 34.8. The number of nitrogens with zero attached hydrogens (tertiary/aromatic N) is 1. The van der Waals surface area contributed by atoms with Gasteiger partial charge in [-0.3, -0.25) is 4.99 Å². The summed E-state index contributed by atoms with van der Waals surface area (Å²) >= 11 is 0. The van der Waals surface area contributed by atoms with Crippen molar-refractivity contribution < 1.29 is 0 Å². The molecule has 1 aliphatic heterocycles. The Labute approximate surface area is 67.5 Å². The van der Waals surface area contributed by atoms with Crippen molar-refractivity contribution >= 4 is 5.71 Å². The van der Waals surface area contributed by atoms with Crippen molar-refractivity contribution in [3.05, 3.63) is 24.3 Å². The molecule has 1 heterocycles. The van der Waals surface area contributed by atoms with Crippen LogP contribution in [0.1, 0.15) is 19.8 Å². The first-order chi connectivity index (χ1) is 5.36. The highest BCUT2D eigenvalue weighted by atomic mass is 14.8. The van der Waals surface area contributed by atoms with Crippen LogP contribution >= 0.6 is 0 Å². The van der Waals surface area contributed by atoms with Crippen LogP contribution < -0.4 is 0 Å². The minimum atomic E-state index is 0.539. The van der Waals surface area contributed by atoms with Gasteiger partial charge in [-0.1, -0.05) is 18.2 Å². The van der Waals surface area contributed by atoms with Crippen LogP contribution in [0.15, 0.2) is 29.3 Å². The molecule has 0 fully saturated rings. The average molecular weight is 147 g/mol. The third kappa shape index (κ3) is 1.28. The largest absolute Gasteiger partial charge is 0.286 e. The van der Waals surface area contributed by atoms with Gasteiger partial charge in [-0.15, -0.1) is 0 Å². The third-order valence-electron chi connectivity index (χ3n) is 2.37. The van der Waals surface area contributed by atoms with E-state index < -0.39 is 0 Å². The van der Waals surface area contributed by atoms with Crippen LogP contribution in [0.4, 0.5) is 0 Å². The van der Waals surface area contributed by atoms with Gasteiger partial charge in [0.05, 0.1) is 0 Å². The van der Waals surface area contributed by atoms with Gasteiger partial charge in [-0.05, 0) is 25.8 Å². The van der Waals surface area contributed by atoms with Crippen molar-refractivity contribution in [2.75, 3.05) is 0 Å². The summed E-state index contributed by atoms with van der Waals surface area (Å²) in [7, 11) is 0. The van der Waals surface area contributed by atoms with Crippen molar-refractivity contribution in [3.63, 3.8) is 0 Å². The van der Waals surface area contributed by atoms with E-state index in [0.29, 0.717) is 12.0 Å². The van der Waals surface area contributed by atoms with E-state index in [-0.39, 0.29) is 0 Å². The molecular weight excluding hydrogens is 134 g/mol. The van der Waals surface area contributed by atoms with E-state index in [1.165, 1.54) is 18.6 Å². The lowest BCUT2D eigenvalue weighted by Crippen LogP contribution is -2.21. The highest BCUT2D eigenvalue weighted by Crippen LogP contribution is 2.23. The number of hydrogen-bond donors (Lipinski definition) is 0. The van der Waals surface area contributed by atoms with Gasteiger partial charge in [0.15, 0.2) is 0 Å². The molecule has 0 bridgehead atoms. The van der Waals surface area contributed by atoms with Crippen molar-refractivity contribution in [2.24, 2.45) is 10.9 Å². The molecule has 2 rings (SSSR count). The summed E-state index contributed by atoms with van der Waals surface area (Å²) in [5.41, 5.74) is 1.28. The van der Waals surface area contributed by atoms with Crippen LogP contribution in [0.25, 0.3) is 0 Å². The number of allylic oxidation sites excluding steroid dienone is 4. The van der Waals surface area contributed by atoms with Crippen LogP contribution in [0.5, 0.6) is 0 Å². The van der Waals surface area contributed by atoms with E-state index in [9.17, 15) is 0 Å². The van der Waals surface area contributed by atoms with E-state index in [2.05, 4.69) is 36.2 Å². The molecule has 1 unspecified atom stereocenters. The fraction of sp³-hybridized carbons (Fsp3) is 0.500. The highest BCUT2D eigenvalue weighted by Gasteiger charge is 2.19. The molecule has 1 heteroatoms. The molecule has 0 amide bonds. The minimum Gasteiger partial charge on any atom is -0.286 e. The van der Waals surface area contributed by atoms with Gasteiger partial charge in [-0.2, -0.15) is 0 Å². The summed E-state index contributed by atoms with van der Waals surface area (Å²) < 4.78 is 0. The molecule has 2 atom stereocenters. The van der Waals surface area contributed by atoms with Crippen LogP contribution in [0, 0.1) is 5.92 Å². The van der Waals surface area contributed by atoms with Gasteiger partial charge < -0.3 is 0 Å². The van der Waals surface area contributed by atoms with Gasteiger partial charge in [-0.25, -0.2) is 0 Å². The van der Waals surface area contributed by atoms with Crippen LogP contribution in [0.2, 0.25) is 0 Å². The predicted octanol–water partition coefficient (Wildman–Crippen LogP) is 2.35. The first kappa shape index (κ1) is 6.84. The van der Waals surface area contributed by atoms with Gasteiger partial charge in [0.25, 0.3) is 0 Å². The summed E-state index contributed by atoms with van der Waals surface area (Å²) in [5.74, 6) is 0.621.